The van der Waals surface area contributed by atoms with E-state index in [0.717, 1.165) is 20.3 Å². The first kappa shape index (κ1) is 20.3. The molecular formula is C18H20N2O4Se2. The minimum atomic E-state index is -0.119. The number of hydrogen-bond acceptors (Lipinski definition) is 4. The Balaban J connectivity index is 2.25. The van der Waals surface area contributed by atoms with E-state index in [4.69, 9.17) is 9.47 Å². The molecule has 138 valence electrons. The second-order valence-corrected chi connectivity index (χ2v) is 11.4. The molecule has 0 unspecified atom stereocenters. The van der Waals surface area contributed by atoms with Crippen molar-refractivity contribution in [2.75, 3.05) is 24.9 Å². The van der Waals surface area contributed by atoms with Crippen LogP contribution < -0.4 is 29.0 Å². The van der Waals surface area contributed by atoms with E-state index < -0.39 is 0 Å². The van der Waals surface area contributed by atoms with Crippen LogP contribution in [-0.4, -0.2) is 52.3 Å². The van der Waals surface area contributed by atoms with Crippen LogP contribution in [0.5, 0.6) is 11.5 Å². The Bertz CT molecular complexity index is 744. The molecule has 0 fully saturated rings. The van der Waals surface area contributed by atoms with Crippen LogP contribution in [0.3, 0.4) is 0 Å². The fourth-order valence-electron chi connectivity index (χ4n) is 2.08. The third-order valence-electron chi connectivity index (χ3n) is 3.22. The number of methoxy groups -OCH3 is 2. The normalized spacial score (nSPS) is 10.2. The molecule has 0 aliphatic carbocycles. The molecule has 0 atom stereocenters. The maximum absolute atomic E-state index is 11.5. The van der Waals surface area contributed by atoms with E-state index in [0.29, 0.717) is 11.5 Å². The zero-order chi connectivity index (χ0) is 19.1. The van der Waals surface area contributed by atoms with E-state index in [1.807, 2.05) is 36.4 Å². The van der Waals surface area contributed by atoms with E-state index in [9.17, 15) is 9.59 Å². The predicted molar refractivity (Wildman–Crippen MR) is 105 cm³/mol. The number of ether oxygens (including phenoxy) is 2. The molecule has 2 aromatic rings. The molecule has 0 radical (unpaired) electrons. The van der Waals surface area contributed by atoms with Gasteiger partial charge in [0.05, 0.1) is 0 Å². The predicted octanol–water partition coefficient (Wildman–Crippen LogP) is 0.895. The van der Waals surface area contributed by atoms with Crippen molar-refractivity contribution in [2.45, 2.75) is 13.8 Å². The Morgan fingerprint density at radius 2 is 1.15 bits per heavy atom. The van der Waals surface area contributed by atoms with Gasteiger partial charge in [-0.15, -0.1) is 0 Å². The van der Waals surface area contributed by atoms with Crippen LogP contribution in [0, 0.1) is 0 Å². The van der Waals surface area contributed by atoms with Crippen LogP contribution in [0.4, 0.5) is 11.4 Å². The first-order chi connectivity index (χ1) is 12.4. The number of amides is 2. The Hall–Kier alpha value is -1.98. The summed E-state index contributed by atoms with van der Waals surface area (Å²) < 4.78 is 12.6. The Labute approximate surface area is 163 Å². The average molecular weight is 486 g/mol. The maximum atomic E-state index is 11.5. The first-order valence-electron chi connectivity index (χ1n) is 7.68. The van der Waals surface area contributed by atoms with Gasteiger partial charge in [-0.1, -0.05) is 0 Å². The number of carbonyl (C=O) groups excluding carboxylic acids is 2. The second kappa shape index (κ2) is 9.64. The minimum absolute atomic E-state index is 0.110. The second-order valence-electron chi connectivity index (χ2n) is 5.25. The van der Waals surface area contributed by atoms with E-state index in [1.165, 1.54) is 13.8 Å². The summed E-state index contributed by atoms with van der Waals surface area (Å²) in [5, 5.41) is 5.73. The van der Waals surface area contributed by atoms with Gasteiger partial charge < -0.3 is 0 Å². The molecular weight excluding hydrogens is 466 g/mol. The van der Waals surface area contributed by atoms with Gasteiger partial charge in [0, 0.05) is 0 Å². The summed E-state index contributed by atoms with van der Waals surface area (Å²) in [6.45, 7) is 2.97. The number of anilines is 2. The number of hydrogen-bond donors (Lipinski definition) is 2. The monoisotopic (exact) mass is 488 g/mol. The third kappa shape index (κ3) is 5.78. The fraction of sp³-hybridized carbons (Fsp3) is 0.222. The molecule has 0 bridgehead atoms. The molecule has 0 heterocycles. The first-order valence-corrected chi connectivity index (χ1v) is 13.7. The van der Waals surface area contributed by atoms with Gasteiger partial charge in [-0.2, -0.15) is 0 Å². The summed E-state index contributed by atoms with van der Waals surface area (Å²) in [6, 6.07) is 11.4. The molecule has 0 spiro atoms. The topological polar surface area (TPSA) is 76.7 Å². The van der Waals surface area contributed by atoms with Crippen molar-refractivity contribution in [3.63, 3.8) is 0 Å². The van der Waals surface area contributed by atoms with Gasteiger partial charge in [-0.25, -0.2) is 0 Å². The Morgan fingerprint density at radius 3 is 1.46 bits per heavy atom. The van der Waals surface area contributed by atoms with Crippen molar-refractivity contribution < 1.29 is 19.1 Å². The van der Waals surface area contributed by atoms with Gasteiger partial charge in [0.1, 0.15) is 0 Å². The van der Waals surface area contributed by atoms with Crippen LogP contribution in [0.1, 0.15) is 13.8 Å². The Kier molecular flexibility index (Phi) is 7.54. The standard InChI is InChI=1S/C18H20N2O4Se2/c1-11(21)19-15-9-13(23-3)5-7-17(15)25-26-18-8-6-14(24-4)10-16(18)20-12(2)22/h5-10H,1-4H3,(H,19,21)(H,20,22). The summed E-state index contributed by atoms with van der Waals surface area (Å²) in [7, 11) is 3.19. The molecule has 26 heavy (non-hydrogen) atoms. The van der Waals surface area contributed by atoms with Gasteiger partial charge >= 0.3 is 164 Å². The van der Waals surface area contributed by atoms with Crippen LogP contribution in [0.15, 0.2) is 36.4 Å². The molecule has 6 nitrogen and oxygen atoms in total. The van der Waals surface area contributed by atoms with E-state index in [1.54, 1.807) is 14.2 Å². The molecule has 2 amide bonds. The van der Waals surface area contributed by atoms with Crippen molar-refractivity contribution in [1.82, 2.24) is 0 Å². The Morgan fingerprint density at radius 1 is 0.769 bits per heavy atom. The summed E-state index contributed by atoms with van der Waals surface area (Å²) in [6.07, 6.45) is 0. The molecule has 0 aliphatic rings. The average Bonchev–Trinajstić information content (AvgIpc) is 2.60. The molecule has 8 heteroatoms. The zero-order valence-electron chi connectivity index (χ0n) is 14.9. The van der Waals surface area contributed by atoms with Crippen molar-refractivity contribution in [1.29, 1.82) is 0 Å². The quantitative estimate of drug-likeness (QED) is 0.571. The summed E-state index contributed by atoms with van der Waals surface area (Å²) in [4.78, 5) is 23.0. The number of rotatable bonds is 7. The van der Waals surface area contributed by atoms with Crippen molar-refractivity contribution in [3.8, 4) is 11.5 Å². The molecule has 0 aliphatic heterocycles. The summed E-state index contributed by atoms with van der Waals surface area (Å²) in [5.41, 5.74) is 1.54. The number of nitrogens with one attached hydrogen (secondary N) is 2. The zero-order valence-corrected chi connectivity index (χ0v) is 18.3. The number of carbonyl (C=O) groups is 2. The summed E-state index contributed by atoms with van der Waals surface area (Å²) in [5.74, 6) is 1.16. The molecule has 0 saturated carbocycles. The van der Waals surface area contributed by atoms with E-state index in [-0.39, 0.29) is 38.1 Å². The van der Waals surface area contributed by atoms with Crippen molar-refractivity contribution in [2.24, 2.45) is 0 Å². The molecule has 2 aromatic carbocycles. The van der Waals surface area contributed by atoms with Gasteiger partial charge in [-0.3, -0.25) is 0 Å². The molecule has 2 N–H and O–H groups in total. The molecule has 0 aromatic heterocycles. The molecule has 2 rings (SSSR count). The third-order valence-corrected chi connectivity index (χ3v) is 10.5. The number of benzene rings is 2. The molecule has 0 saturated heterocycles. The van der Waals surface area contributed by atoms with Crippen LogP contribution in [0.25, 0.3) is 0 Å². The van der Waals surface area contributed by atoms with Gasteiger partial charge in [0.25, 0.3) is 0 Å². The SMILES string of the molecule is COc1ccc([Se][Se]c2ccc(OC)cc2NC(C)=O)c(NC(C)=O)c1. The fourth-order valence-corrected chi connectivity index (χ4v) is 8.94. The van der Waals surface area contributed by atoms with Crippen molar-refractivity contribution >= 4 is 58.4 Å². The van der Waals surface area contributed by atoms with Gasteiger partial charge in [0.15, 0.2) is 0 Å². The van der Waals surface area contributed by atoms with Crippen LogP contribution >= 0.6 is 0 Å². The van der Waals surface area contributed by atoms with Crippen LogP contribution in [0.2, 0.25) is 0 Å². The summed E-state index contributed by atoms with van der Waals surface area (Å²) >= 11 is 0.220. The van der Waals surface area contributed by atoms with Crippen molar-refractivity contribution in [3.05, 3.63) is 36.4 Å². The van der Waals surface area contributed by atoms with Gasteiger partial charge in [0.2, 0.25) is 0 Å². The van der Waals surface area contributed by atoms with E-state index >= 15 is 0 Å². The van der Waals surface area contributed by atoms with E-state index in [2.05, 4.69) is 10.6 Å². The van der Waals surface area contributed by atoms with Gasteiger partial charge in [-0.05, 0) is 0 Å². The van der Waals surface area contributed by atoms with Crippen LogP contribution in [-0.2, 0) is 9.59 Å².